The van der Waals surface area contributed by atoms with Crippen LogP contribution in [0.15, 0.2) is 24.3 Å². The molecule has 0 bridgehead atoms. The zero-order chi connectivity index (χ0) is 13.4. The summed E-state index contributed by atoms with van der Waals surface area (Å²) in [5.41, 5.74) is 3.69. The third kappa shape index (κ3) is 2.26. The molecule has 0 saturated heterocycles. The van der Waals surface area contributed by atoms with Gasteiger partial charge >= 0.3 is 0 Å². The molecule has 3 rings (SSSR count). The summed E-state index contributed by atoms with van der Waals surface area (Å²) in [5, 5.41) is 10.7. The first-order chi connectivity index (χ1) is 9.19. The summed E-state index contributed by atoms with van der Waals surface area (Å²) >= 11 is 1.75. The van der Waals surface area contributed by atoms with Gasteiger partial charge in [-0.2, -0.15) is 0 Å². The number of fused-ring (bicyclic) bond motifs is 1. The van der Waals surface area contributed by atoms with Crippen molar-refractivity contribution in [1.82, 2.24) is 4.98 Å². The summed E-state index contributed by atoms with van der Waals surface area (Å²) in [6.07, 6.45) is 0.927. The van der Waals surface area contributed by atoms with Crippen molar-refractivity contribution < 1.29 is 5.11 Å². The number of aliphatic hydroxyl groups is 1. The molecule has 0 radical (unpaired) electrons. The number of thiazole rings is 1. The van der Waals surface area contributed by atoms with Crippen LogP contribution >= 0.6 is 11.3 Å². The molecule has 1 aromatic heterocycles. The van der Waals surface area contributed by atoms with Crippen molar-refractivity contribution in [2.45, 2.75) is 32.9 Å². The summed E-state index contributed by atoms with van der Waals surface area (Å²) in [6, 6.07) is 8.59. The monoisotopic (exact) mass is 274 g/mol. The van der Waals surface area contributed by atoms with E-state index in [2.05, 4.69) is 48.0 Å². The Bertz CT molecular complexity index is 574. The number of benzene rings is 1. The first kappa shape index (κ1) is 12.6. The van der Waals surface area contributed by atoms with Crippen LogP contribution in [-0.4, -0.2) is 22.7 Å². The van der Waals surface area contributed by atoms with Crippen molar-refractivity contribution in [1.29, 1.82) is 0 Å². The molecule has 19 heavy (non-hydrogen) atoms. The summed E-state index contributed by atoms with van der Waals surface area (Å²) in [7, 11) is 0. The Balaban J connectivity index is 1.90. The van der Waals surface area contributed by atoms with Crippen LogP contribution in [0.25, 0.3) is 0 Å². The first-order valence-electron chi connectivity index (χ1n) is 6.57. The van der Waals surface area contributed by atoms with E-state index in [-0.39, 0.29) is 12.6 Å². The van der Waals surface area contributed by atoms with E-state index in [1.54, 1.807) is 11.3 Å². The zero-order valence-electron chi connectivity index (χ0n) is 11.3. The lowest BCUT2D eigenvalue weighted by molar-refractivity contribution is 0.262. The van der Waals surface area contributed by atoms with E-state index in [9.17, 15) is 5.11 Å². The number of para-hydroxylation sites is 1. The Morgan fingerprint density at radius 3 is 2.84 bits per heavy atom. The van der Waals surface area contributed by atoms with Gasteiger partial charge in [0.1, 0.15) is 5.01 Å². The van der Waals surface area contributed by atoms with E-state index in [1.807, 2.05) is 0 Å². The summed E-state index contributed by atoms with van der Waals surface area (Å²) in [4.78, 5) is 8.18. The maximum atomic E-state index is 9.59. The average molecular weight is 274 g/mol. The number of anilines is 1. The molecule has 0 fully saturated rings. The standard InChI is InChI=1S/C15H18N2OS/c1-10-11(2)19-15(16-10)8-17-13(9-18)7-12-5-3-4-6-14(12)17/h3-6,13,18H,7-9H2,1-2H3/t13-/m0/s1. The van der Waals surface area contributed by atoms with E-state index in [0.717, 1.165) is 23.7 Å². The van der Waals surface area contributed by atoms with Crippen molar-refractivity contribution in [3.63, 3.8) is 0 Å². The van der Waals surface area contributed by atoms with E-state index in [0.29, 0.717) is 0 Å². The minimum absolute atomic E-state index is 0.182. The number of aliphatic hydroxyl groups excluding tert-OH is 1. The first-order valence-corrected chi connectivity index (χ1v) is 7.39. The highest BCUT2D eigenvalue weighted by molar-refractivity contribution is 7.11. The highest BCUT2D eigenvalue weighted by atomic mass is 32.1. The van der Waals surface area contributed by atoms with Crippen molar-refractivity contribution in [2.24, 2.45) is 0 Å². The summed E-state index contributed by atoms with van der Waals surface area (Å²) in [6.45, 7) is 5.15. The SMILES string of the molecule is Cc1nc(CN2c3ccccc3C[C@H]2CO)sc1C. The second kappa shape index (κ2) is 4.94. The molecule has 1 N–H and O–H groups in total. The number of aromatic nitrogens is 1. The highest BCUT2D eigenvalue weighted by Gasteiger charge is 2.28. The molecule has 0 aliphatic carbocycles. The second-order valence-electron chi connectivity index (χ2n) is 5.05. The minimum Gasteiger partial charge on any atom is -0.394 e. The third-order valence-electron chi connectivity index (χ3n) is 3.79. The fourth-order valence-corrected chi connectivity index (χ4v) is 3.59. The number of hydrogen-bond acceptors (Lipinski definition) is 4. The Morgan fingerprint density at radius 2 is 2.16 bits per heavy atom. The van der Waals surface area contributed by atoms with Crippen molar-refractivity contribution in [3.8, 4) is 0 Å². The highest BCUT2D eigenvalue weighted by Crippen LogP contribution is 2.33. The van der Waals surface area contributed by atoms with Crippen LogP contribution in [0.4, 0.5) is 5.69 Å². The van der Waals surface area contributed by atoms with Gasteiger partial charge in [-0.15, -0.1) is 11.3 Å². The van der Waals surface area contributed by atoms with Crippen LogP contribution in [0, 0.1) is 13.8 Å². The summed E-state index contributed by atoms with van der Waals surface area (Å²) in [5.74, 6) is 0. The Hall–Kier alpha value is -1.39. The van der Waals surface area contributed by atoms with Crippen LogP contribution in [0.1, 0.15) is 21.1 Å². The van der Waals surface area contributed by atoms with Gasteiger partial charge in [-0.3, -0.25) is 0 Å². The van der Waals surface area contributed by atoms with Crippen molar-refractivity contribution in [3.05, 3.63) is 45.4 Å². The molecule has 0 spiro atoms. The molecule has 4 heteroatoms. The van der Waals surface area contributed by atoms with Gasteiger partial charge in [0.15, 0.2) is 0 Å². The van der Waals surface area contributed by atoms with E-state index < -0.39 is 0 Å². The Morgan fingerprint density at radius 1 is 1.37 bits per heavy atom. The van der Waals surface area contributed by atoms with Crippen LogP contribution < -0.4 is 4.90 Å². The van der Waals surface area contributed by atoms with E-state index in [1.165, 1.54) is 16.1 Å². The average Bonchev–Trinajstić information content (AvgIpc) is 2.92. The smallest absolute Gasteiger partial charge is 0.112 e. The van der Waals surface area contributed by atoms with E-state index >= 15 is 0 Å². The molecular formula is C15H18N2OS. The molecule has 3 nitrogen and oxygen atoms in total. The van der Waals surface area contributed by atoms with Crippen LogP contribution in [0.3, 0.4) is 0 Å². The number of rotatable bonds is 3. The number of nitrogens with zero attached hydrogens (tertiary/aromatic N) is 2. The second-order valence-corrected chi connectivity index (χ2v) is 6.33. The summed E-state index contributed by atoms with van der Waals surface area (Å²) < 4.78 is 0. The Kier molecular flexibility index (Phi) is 3.29. The normalized spacial score (nSPS) is 17.8. The van der Waals surface area contributed by atoms with Crippen LogP contribution in [-0.2, 0) is 13.0 Å². The van der Waals surface area contributed by atoms with E-state index in [4.69, 9.17) is 0 Å². The fourth-order valence-electron chi connectivity index (χ4n) is 2.65. The van der Waals surface area contributed by atoms with Gasteiger partial charge in [0.25, 0.3) is 0 Å². The third-order valence-corrected chi connectivity index (χ3v) is 4.84. The van der Waals surface area contributed by atoms with Gasteiger partial charge in [-0.25, -0.2) is 4.98 Å². The van der Waals surface area contributed by atoms with Crippen LogP contribution in [0.5, 0.6) is 0 Å². The zero-order valence-corrected chi connectivity index (χ0v) is 12.1. The maximum Gasteiger partial charge on any atom is 0.112 e. The van der Waals surface area contributed by atoms with Gasteiger partial charge in [-0.1, -0.05) is 18.2 Å². The lowest BCUT2D eigenvalue weighted by atomic mass is 10.1. The molecule has 1 aromatic carbocycles. The lowest BCUT2D eigenvalue weighted by Crippen LogP contribution is -2.34. The molecule has 1 atom stereocenters. The largest absolute Gasteiger partial charge is 0.394 e. The topological polar surface area (TPSA) is 36.4 Å². The molecule has 0 amide bonds. The molecule has 0 saturated carbocycles. The molecular weight excluding hydrogens is 256 g/mol. The van der Waals surface area contributed by atoms with Crippen molar-refractivity contribution >= 4 is 17.0 Å². The lowest BCUT2D eigenvalue weighted by Gasteiger charge is -2.25. The quantitative estimate of drug-likeness (QED) is 0.935. The van der Waals surface area contributed by atoms with Crippen LogP contribution in [0.2, 0.25) is 0 Å². The van der Waals surface area contributed by atoms with Crippen molar-refractivity contribution in [2.75, 3.05) is 11.5 Å². The molecule has 2 heterocycles. The van der Waals surface area contributed by atoms with Gasteiger partial charge in [-0.05, 0) is 31.9 Å². The van der Waals surface area contributed by atoms with Gasteiger partial charge in [0.2, 0.25) is 0 Å². The molecule has 1 aliphatic heterocycles. The molecule has 2 aromatic rings. The van der Waals surface area contributed by atoms with Gasteiger partial charge in [0.05, 0.1) is 24.9 Å². The van der Waals surface area contributed by atoms with Gasteiger partial charge in [0, 0.05) is 10.6 Å². The Labute approximate surface area is 117 Å². The number of hydrogen-bond donors (Lipinski definition) is 1. The molecule has 100 valence electrons. The minimum atomic E-state index is 0.182. The predicted molar refractivity (Wildman–Crippen MR) is 78.8 cm³/mol. The number of aryl methyl sites for hydroxylation is 2. The maximum absolute atomic E-state index is 9.59. The predicted octanol–water partition coefficient (Wildman–Crippen LogP) is 2.68. The fraction of sp³-hybridized carbons (Fsp3) is 0.400. The molecule has 1 aliphatic rings. The van der Waals surface area contributed by atoms with Gasteiger partial charge < -0.3 is 10.0 Å². The molecule has 0 unspecified atom stereocenters.